The molecule has 0 aliphatic heterocycles. The van der Waals surface area contributed by atoms with Gasteiger partial charge in [0, 0.05) is 10.9 Å². The van der Waals surface area contributed by atoms with Gasteiger partial charge in [-0.15, -0.1) is 0 Å². The lowest BCUT2D eigenvalue weighted by Gasteiger charge is -2.09. The highest BCUT2D eigenvalue weighted by Gasteiger charge is 2.11. The summed E-state index contributed by atoms with van der Waals surface area (Å²) in [4.78, 5) is 0. The molecule has 0 aliphatic rings. The van der Waals surface area contributed by atoms with Gasteiger partial charge in [-0.25, -0.2) is 8.78 Å². The Kier molecular flexibility index (Phi) is 4.52. The molecule has 1 aromatic carbocycles. The number of hydrogen-bond acceptors (Lipinski definition) is 0. The van der Waals surface area contributed by atoms with Gasteiger partial charge in [0.25, 0.3) is 6.43 Å². The van der Waals surface area contributed by atoms with Crippen LogP contribution in [0.3, 0.4) is 0 Å². The third kappa shape index (κ3) is 2.77. The van der Waals surface area contributed by atoms with E-state index in [1.165, 1.54) is 6.07 Å². The second-order valence-corrected chi connectivity index (χ2v) is 4.02. The molecule has 0 heterocycles. The molecule has 0 unspecified atom stereocenters. The standard InChI is InChI=1S/C11H13BrF2/c1-8-9(5-3-7-12)4-2-6-10(8)11(13)14/h2,4,6,11H,3,5,7H2,1H3. The predicted octanol–water partition coefficient (Wildman–Crippen LogP) is 4.26. The number of benzene rings is 1. The van der Waals surface area contributed by atoms with Gasteiger partial charge in [-0.3, -0.25) is 0 Å². The number of halogens is 3. The molecule has 0 saturated heterocycles. The minimum absolute atomic E-state index is 0.164. The molecule has 0 atom stereocenters. The first-order chi connectivity index (χ1) is 6.66. The van der Waals surface area contributed by atoms with Crippen LogP contribution in [0.5, 0.6) is 0 Å². The van der Waals surface area contributed by atoms with E-state index in [-0.39, 0.29) is 5.56 Å². The van der Waals surface area contributed by atoms with Gasteiger partial charge in [0.15, 0.2) is 0 Å². The molecule has 0 N–H and O–H groups in total. The van der Waals surface area contributed by atoms with Gasteiger partial charge in [0.1, 0.15) is 0 Å². The molecule has 0 nitrogen and oxygen atoms in total. The highest BCUT2D eigenvalue weighted by Crippen LogP contribution is 2.25. The second-order valence-electron chi connectivity index (χ2n) is 3.22. The van der Waals surface area contributed by atoms with Crippen LogP contribution in [0.4, 0.5) is 8.78 Å². The first kappa shape index (κ1) is 11.6. The maximum Gasteiger partial charge on any atom is 0.264 e. The molecule has 1 rings (SSSR count). The molecule has 1 aromatic rings. The summed E-state index contributed by atoms with van der Waals surface area (Å²) in [5.41, 5.74) is 1.93. The molecule has 0 saturated carbocycles. The van der Waals surface area contributed by atoms with E-state index >= 15 is 0 Å². The fourth-order valence-electron chi connectivity index (χ4n) is 1.47. The van der Waals surface area contributed by atoms with E-state index in [0.29, 0.717) is 0 Å². The second kappa shape index (κ2) is 5.44. The van der Waals surface area contributed by atoms with Crippen molar-refractivity contribution in [2.75, 3.05) is 5.33 Å². The van der Waals surface area contributed by atoms with Crippen LogP contribution in [-0.2, 0) is 6.42 Å². The topological polar surface area (TPSA) is 0 Å². The van der Waals surface area contributed by atoms with Gasteiger partial charge in [0.2, 0.25) is 0 Å². The molecule has 0 fully saturated rings. The van der Waals surface area contributed by atoms with Crippen molar-refractivity contribution in [3.05, 3.63) is 34.9 Å². The largest absolute Gasteiger partial charge is 0.264 e. The first-order valence-electron chi connectivity index (χ1n) is 4.59. The maximum absolute atomic E-state index is 12.5. The van der Waals surface area contributed by atoms with Crippen molar-refractivity contribution in [2.45, 2.75) is 26.2 Å². The minimum Gasteiger partial charge on any atom is -0.205 e. The SMILES string of the molecule is Cc1c(CCCBr)cccc1C(F)F. The lowest BCUT2D eigenvalue weighted by molar-refractivity contribution is 0.150. The van der Waals surface area contributed by atoms with Crippen molar-refractivity contribution in [2.24, 2.45) is 0 Å². The third-order valence-electron chi connectivity index (χ3n) is 2.30. The molecule has 0 spiro atoms. The molecule has 0 bridgehead atoms. The Labute approximate surface area is 91.5 Å². The molecule has 0 aromatic heterocycles. The summed E-state index contributed by atoms with van der Waals surface area (Å²) in [7, 11) is 0. The van der Waals surface area contributed by atoms with E-state index in [0.717, 1.165) is 29.3 Å². The van der Waals surface area contributed by atoms with E-state index in [2.05, 4.69) is 15.9 Å². The third-order valence-corrected chi connectivity index (χ3v) is 2.86. The van der Waals surface area contributed by atoms with Crippen molar-refractivity contribution in [1.82, 2.24) is 0 Å². The average Bonchev–Trinajstić information content (AvgIpc) is 2.16. The summed E-state index contributed by atoms with van der Waals surface area (Å²) in [5.74, 6) is 0. The van der Waals surface area contributed by atoms with E-state index < -0.39 is 6.43 Å². The summed E-state index contributed by atoms with van der Waals surface area (Å²) in [5, 5.41) is 0.908. The van der Waals surface area contributed by atoms with Gasteiger partial charge < -0.3 is 0 Å². The number of hydrogen-bond donors (Lipinski definition) is 0. The van der Waals surface area contributed by atoms with Crippen molar-refractivity contribution < 1.29 is 8.78 Å². The quantitative estimate of drug-likeness (QED) is 0.712. The van der Waals surface area contributed by atoms with E-state index in [9.17, 15) is 8.78 Å². The normalized spacial score (nSPS) is 10.9. The maximum atomic E-state index is 12.5. The fraction of sp³-hybridized carbons (Fsp3) is 0.455. The predicted molar refractivity (Wildman–Crippen MR) is 58.3 cm³/mol. The van der Waals surface area contributed by atoms with Crippen LogP contribution < -0.4 is 0 Å². The molecule has 0 radical (unpaired) electrons. The van der Waals surface area contributed by atoms with Crippen molar-refractivity contribution in [3.63, 3.8) is 0 Å². The molecular weight excluding hydrogens is 250 g/mol. The minimum atomic E-state index is -2.36. The van der Waals surface area contributed by atoms with Gasteiger partial charge in [-0.2, -0.15) is 0 Å². The zero-order valence-electron chi connectivity index (χ0n) is 8.06. The molecule has 0 amide bonds. The average molecular weight is 263 g/mol. The molecule has 3 heteroatoms. The number of aryl methyl sites for hydroxylation is 1. The summed E-state index contributed by atoms with van der Waals surface area (Å²) >= 11 is 3.33. The van der Waals surface area contributed by atoms with E-state index in [1.54, 1.807) is 13.0 Å². The smallest absolute Gasteiger partial charge is 0.205 e. The molecule has 78 valence electrons. The van der Waals surface area contributed by atoms with Gasteiger partial charge in [-0.1, -0.05) is 34.1 Å². The zero-order chi connectivity index (χ0) is 10.6. The highest BCUT2D eigenvalue weighted by atomic mass is 79.9. The van der Waals surface area contributed by atoms with Crippen LogP contribution in [0.25, 0.3) is 0 Å². The Morgan fingerprint density at radius 1 is 1.36 bits per heavy atom. The van der Waals surface area contributed by atoms with Crippen LogP contribution in [0.15, 0.2) is 18.2 Å². The van der Waals surface area contributed by atoms with Gasteiger partial charge in [-0.05, 0) is 30.9 Å². The van der Waals surface area contributed by atoms with Crippen LogP contribution in [0.2, 0.25) is 0 Å². The highest BCUT2D eigenvalue weighted by molar-refractivity contribution is 9.09. The number of alkyl halides is 3. The Bertz CT molecular complexity index is 297. The lowest BCUT2D eigenvalue weighted by atomic mass is 9.99. The van der Waals surface area contributed by atoms with Crippen LogP contribution in [0, 0.1) is 6.92 Å². The summed E-state index contributed by atoms with van der Waals surface area (Å²) in [6.45, 7) is 1.77. The molecule has 0 aliphatic carbocycles. The first-order valence-corrected chi connectivity index (χ1v) is 5.71. The van der Waals surface area contributed by atoms with Crippen LogP contribution in [0.1, 0.15) is 29.5 Å². The van der Waals surface area contributed by atoms with Crippen LogP contribution >= 0.6 is 15.9 Å². The molecule has 14 heavy (non-hydrogen) atoms. The van der Waals surface area contributed by atoms with Crippen LogP contribution in [-0.4, -0.2) is 5.33 Å². The monoisotopic (exact) mass is 262 g/mol. The van der Waals surface area contributed by atoms with Crippen molar-refractivity contribution in [1.29, 1.82) is 0 Å². The Morgan fingerprint density at radius 2 is 2.07 bits per heavy atom. The summed E-state index contributed by atoms with van der Waals surface area (Å²) in [6.07, 6.45) is -0.524. The lowest BCUT2D eigenvalue weighted by Crippen LogP contribution is -1.96. The van der Waals surface area contributed by atoms with Gasteiger partial charge in [0.05, 0.1) is 0 Å². The Morgan fingerprint density at radius 3 is 2.64 bits per heavy atom. The van der Waals surface area contributed by atoms with E-state index in [1.807, 2.05) is 6.07 Å². The fourth-order valence-corrected chi connectivity index (χ4v) is 1.75. The Balaban J connectivity index is 2.89. The zero-order valence-corrected chi connectivity index (χ0v) is 9.65. The number of rotatable bonds is 4. The van der Waals surface area contributed by atoms with Crippen molar-refractivity contribution >= 4 is 15.9 Å². The summed E-state index contributed by atoms with van der Waals surface area (Å²) < 4.78 is 25.0. The Hall–Kier alpha value is -0.440. The molecular formula is C11H13BrF2. The van der Waals surface area contributed by atoms with Gasteiger partial charge >= 0.3 is 0 Å². The van der Waals surface area contributed by atoms with E-state index in [4.69, 9.17) is 0 Å². The van der Waals surface area contributed by atoms with Crippen molar-refractivity contribution in [3.8, 4) is 0 Å². The summed E-state index contributed by atoms with van der Waals surface area (Å²) in [6, 6.07) is 5.12.